The number of benzene rings is 1. The highest BCUT2D eigenvalue weighted by Gasteiger charge is 2.18. The molecule has 0 radical (unpaired) electrons. The third kappa shape index (κ3) is 4.25. The second kappa shape index (κ2) is 6.26. The number of anilines is 1. The first-order valence-corrected chi connectivity index (χ1v) is 5.73. The largest absolute Gasteiger partial charge is 0.481 e. The van der Waals surface area contributed by atoms with Crippen LogP contribution >= 0.6 is 11.6 Å². The molecule has 18 heavy (non-hydrogen) atoms. The van der Waals surface area contributed by atoms with Crippen molar-refractivity contribution in [2.75, 3.05) is 18.0 Å². The molecule has 5 nitrogen and oxygen atoms in total. The van der Waals surface area contributed by atoms with Gasteiger partial charge in [0, 0.05) is 17.3 Å². The van der Waals surface area contributed by atoms with Gasteiger partial charge in [0.1, 0.15) is 6.54 Å². The number of carbonyl (C=O) groups is 2. The summed E-state index contributed by atoms with van der Waals surface area (Å²) in [7, 11) is 0. The van der Waals surface area contributed by atoms with Crippen LogP contribution in [0.3, 0.4) is 0 Å². The standard InChI is InChI=1S/C12H14ClNO4/c1-8(12(17)18)6-14(7-11(15)16)10-4-2-3-9(13)5-10/h2-5,8H,6-7H2,1H3,(H,15,16)(H,17,18). The molecule has 0 spiro atoms. The Hall–Kier alpha value is -1.75. The van der Waals surface area contributed by atoms with Crippen molar-refractivity contribution in [3.05, 3.63) is 29.3 Å². The number of halogens is 1. The number of aliphatic carboxylic acids is 2. The third-order valence-electron chi connectivity index (χ3n) is 2.42. The van der Waals surface area contributed by atoms with Crippen LogP contribution in [0.25, 0.3) is 0 Å². The van der Waals surface area contributed by atoms with E-state index in [1.165, 1.54) is 11.8 Å². The zero-order chi connectivity index (χ0) is 13.7. The smallest absolute Gasteiger partial charge is 0.323 e. The molecule has 98 valence electrons. The molecule has 1 rings (SSSR count). The van der Waals surface area contributed by atoms with Crippen molar-refractivity contribution >= 4 is 29.2 Å². The number of rotatable bonds is 6. The van der Waals surface area contributed by atoms with Crippen molar-refractivity contribution in [1.82, 2.24) is 0 Å². The van der Waals surface area contributed by atoms with Gasteiger partial charge in [-0.1, -0.05) is 24.6 Å². The Morgan fingerprint density at radius 1 is 1.39 bits per heavy atom. The van der Waals surface area contributed by atoms with Gasteiger partial charge in [0.15, 0.2) is 0 Å². The van der Waals surface area contributed by atoms with E-state index in [1.807, 2.05) is 0 Å². The highest BCUT2D eigenvalue weighted by atomic mass is 35.5. The fourth-order valence-electron chi connectivity index (χ4n) is 1.51. The average molecular weight is 272 g/mol. The van der Waals surface area contributed by atoms with E-state index in [2.05, 4.69) is 0 Å². The van der Waals surface area contributed by atoms with E-state index >= 15 is 0 Å². The fraction of sp³-hybridized carbons (Fsp3) is 0.333. The van der Waals surface area contributed by atoms with E-state index in [-0.39, 0.29) is 13.1 Å². The maximum atomic E-state index is 10.8. The summed E-state index contributed by atoms with van der Waals surface area (Å²) in [6, 6.07) is 6.67. The molecule has 0 aliphatic heterocycles. The van der Waals surface area contributed by atoms with Crippen molar-refractivity contribution in [1.29, 1.82) is 0 Å². The fourth-order valence-corrected chi connectivity index (χ4v) is 1.69. The molecule has 0 aliphatic carbocycles. The van der Waals surface area contributed by atoms with Gasteiger partial charge in [-0.25, -0.2) is 0 Å². The van der Waals surface area contributed by atoms with Crippen LogP contribution in [0.1, 0.15) is 6.92 Å². The van der Waals surface area contributed by atoms with Crippen molar-refractivity contribution in [3.63, 3.8) is 0 Å². The Balaban J connectivity index is 2.90. The van der Waals surface area contributed by atoms with E-state index < -0.39 is 17.9 Å². The number of carboxylic acids is 2. The molecule has 0 fully saturated rings. The molecule has 2 N–H and O–H groups in total. The molecule has 0 bridgehead atoms. The van der Waals surface area contributed by atoms with E-state index in [4.69, 9.17) is 21.8 Å². The number of nitrogens with zero attached hydrogens (tertiary/aromatic N) is 1. The normalized spacial score (nSPS) is 11.9. The van der Waals surface area contributed by atoms with E-state index in [1.54, 1.807) is 24.3 Å². The lowest BCUT2D eigenvalue weighted by Gasteiger charge is -2.24. The monoisotopic (exact) mass is 271 g/mol. The van der Waals surface area contributed by atoms with E-state index in [0.717, 1.165) is 0 Å². The summed E-state index contributed by atoms with van der Waals surface area (Å²) < 4.78 is 0. The first-order chi connectivity index (χ1) is 8.40. The maximum Gasteiger partial charge on any atom is 0.323 e. The zero-order valence-electron chi connectivity index (χ0n) is 9.84. The lowest BCUT2D eigenvalue weighted by molar-refractivity contribution is -0.141. The molecule has 0 aromatic heterocycles. The predicted octanol–water partition coefficient (Wildman–Crippen LogP) is 1.95. The topological polar surface area (TPSA) is 77.8 Å². The van der Waals surface area contributed by atoms with Crippen molar-refractivity contribution in [2.45, 2.75) is 6.92 Å². The molecule has 1 aromatic rings. The van der Waals surface area contributed by atoms with Crippen molar-refractivity contribution < 1.29 is 19.8 Å². The quantitative estimate of drug-likeness (QED) is 0.827. The average Bonchev–Trinajstić information content (AvgIpc) is 2.27. The lowest BCUT2D eigenvalue weighted by Crippen LogP contribution is -2.35. The van der Waals surface area contributed by atoms with Crippen LogP contribution in [0.15, 0.2) is 24.3 Å². The molecular weight excluding hydrogens is 258 g/mol. The number of hydrogen-bond acceptors (Lipinski definition) is 3. The van der Waals surface area contributed by atoms with Crippen LogP contribution in [0.5, 0.6) is 0 Å². The van der Waals surface area contributed by atoms with Crippen LogP contribution in [-0.2, 0) is 9.59 Å². The van der Waals surface area contributed by atoms with E-state index in [0.29, 0.717) is 10.7 Å². The van der Waals surface area contributed by atoms with Gasteiger partial charge in [0.25, 0.3) is 0 Å². The molecule has 1 aromatic carbocycles. The predicted molar refractivity (Wildman–Crippen MR) is 68.1 cm³/mol. The number of carboxylic acid groups (broad SMARTS) is 2. The Kier molecular flexibility index (Phi) is 4.97. The maximum absolute atomic E-state index is 10.8. The van der Waals surface area contributed by atoms with Crippen molar-refractivity contribution in [2.24, 2.45) is 5.92 Å². The minimum absolute atomic E-state index is 0.113. The van der Waals surface area contributed by atoms with Crippen LogP contribution in [0, 0.1) is 5.92 Å². The molecule has 6 heteroatoms. The van der Waals surface area contributed by atoms with Crippen LogP contribution in [0.2, 0.25) is 5.02 Å². The molecule has 0 heterocycles. The highest BCUT2D eigenvalue weighted by Crippen LogP contribution is 2.20. The summed E-state index contributed by atoms with van der Waals surface area (Å²) in [6.07, 6.45) is 0. The van der Waals surface area contributed by atoms with Gasteiger partial charge in [0.05, 0.1) is 5.92 Å². The van der Waals surface area contributed by atoms with E-state index in [9.17, 15) is 9.59 Å². The third-order valence-corrected chi connectivity index (χ3v) is 2.65. The van der Waals surface area contributed by atoms with Gasteiger partial charge in [0.2, 0.25) is 0 Å². The van der Waals surface area contributed by atoms with Gasteiger partial charge < -0.3 is 15.1 Å². The summed E-state index contributed by atoms with van der Waals surface area (Å²) in [4.78, 5) is 23.1. The van der Waals surface area contributed by atoms with Crippen LogP contribution < -0.4 is 4.90 Å². The SMILES string of the molecule is CC(CN(CC(=O)O)c1cccc(Cl)c1)C(=O)O. The first-order valence-electron chi connectivity index (χ1n) is 5.35. The lowest BCUT2D eigenvalue weighted by atomic mass is 10.1. The summed E-state index contributed by atoms with van der Waals surface area (Å²) in [5.74, 6) is -2.65. The first kappa shape index (κ1) is 14.3. The second-order valence-electron chi connectivity index (χ2n) is 3.99. The second-order valence-corrected chi connectivity index (χ2v) is 4.43. The van der Waals surface area contributed by atoms with Gasteiger partial charge in [-0.2, -0.15) is 0 Å². The summed E-state index contributed by atoms with van der Waals surface area (Å²) in [5, 5.41) is 18.2. The zero-order valence-corrected chi connectivity index (χ0v) is 10.6. The Morgan fingerprint density at radius 3 is 2.56 bits per heavy atom. The highest BCUT2D eigenvalue weighted by molar-refractivity contribution is 6.30. The van der Waals surface area contributed by atoms with Gasteiger partial charge in [-0.05, 0) is 18.2 Å². The molecule has 0 aliphatic rings. The minimum Gasteiger partial charge on any atom is -0.481 e. The molecule has 0 amide bonds. The molecule has 1 unspecified atom stereocenters. The van der Waals surface area contributed by atoms with Crippen LogP contribution in [-0.4, -0.2) is 35.2 Å². The molecule has 0 saturated heterocycles. The number of hydrogen-bond donors (Lipinski definition) is 2. The Labute approximate surface area is 110 Å². The van der Waals surface area contributed by atoms with Gasteiger partial charge in [-0.15, -0.1) is 0 Å². The summed E-state index contributed by atoms with van der Waals surface area (Å²) >= 11 is 5.83. The Bertz CT molecular complexity index is 449. The van der Waals surface area contributed by atoms with Gasteiger partial charge >= 0.3 is 11.9 Å². The minimum atomic E-state index is -1.02. The molecule has 0 saturated carbocycles. The molecule has 1 atom stereocenters. The van der Waals surface area contributed by atoms with Gasteiger partial charge in [-0.3, -0.25) is 9.59 Å². The Morgan fingerprint density at radius 2 is 2.06 bits per heavy atom. The summed E-state index contributed by atoms with van der Waals surface area (Å²) in [5.41, 5.74) is 0.595. The van der Waals surface area contributed by atoms with Crippen LogP contribution in [0.4, 0.5) is 5.69 Å². The molecular formula is C12H14ClNO4. The summed E-state index contributed by atoms with van der Waals surface area (Å²) in [6.45, 7) is 1.38. The van der Waals surface area contributed by atoms with Crippen molar-refractivity contribution in [3.8, 4) is 0 Å².